The molecule has 0 radical (unpaired) electrons. The Hall–Kier alpha value is -1.92. The molecular formula is C14H24N4O3. The lowest BCUT2D eigenvalue weighted by Gasteiger charge is -2.18. The monoisotopic (exact) mass is 296 g/mol. The van der Waals surface area contributed by atoms with Crippen molar-refractivity contribution in [1.29, 1.82) is 0 Å². The van der Waals surface area contributed by atoms with Gasteiger partial charge < -0.3 is 10.0 Å². The number of hydrogen-bond acceptors (Lipinski definition) is 4. The van der Waals surface area contributed by atoms with Crippen LogP contribution in [0.2, 0.25) is 0 Å². The first-order valence-corrected chi connectivity index (χ1v) is 7.48. The molecule has 0 bridgehead atoms. The number of aromatic carboxylic acids is 1. The fourth-order valence-corrected chi connectivity index (χ4v) is 2.28. The highest BCUT2D eigenvalue weighted by atomic mass is 16.4. The molecule has 0 aliphatic heterocycles. The zero-order chi connectivity index (χ0) is 15.8. The van der Waals surface area contributed by atoms with E-state index in [2.05, 4.69) is 10.3 Å². The van der Waals surface area contributed by atoms with Gasteiger partial charge in [0, 0.05) is 26.1 Å². The summed E-state index contributed by atoms with van der Waals surface area (Å²) in [5.74, 6) is -0.931. The third kappa shape index (κ3) is 4.54. The maximum absolute atomic E-state index is 11.9. The van der Waals surface area contributed by atoms with Crippen LogP contribution >= 0.6 is 0 Å². The Labute approximate surface area is 124 Å². The normalized spacial score (nSPS) is 10.6. The van der Waals surface area contributed by atoms with E-state index in [0.717, 1.165) is 6.42 Å². The second-order valence-corrected chi connectivity index (χ2v) is 4.83. The number of rotatable bonds is 9. The maximum Gasteiger partial charge on any atom is 0.358 e. The molecule has 7 nitrogen and oxygen atoms in total. The van der Waals surface area contributed by atoms with Gasteiger partial charge in [-0.05, 0) is 26.7 Å². The van der Waals surface area contributed by atoms with Crippen molar-refractivity contribution in [3.05, 3.63) is 11.4 Å². The SMILES string of the molecule is CCCc1c(C(=O)O)nnn1CCCC(=O)N(CC)CC. The fourth-order valence-electron chi connectivity index (χ4n) is 2.28. The van der Waals surface area contributed by atoms with Gasteiger partial charge in [-0.1, -0.05) is 18.6 Å². The van der Waals surface area contributed by atoms with Crippen LogP contribution in [0.1, 0.15) is 56.2 Å². The first kappa shape index (κ1) is 17.1. The summed E-state index contributed by atoms with van der Waals surface area (Å²) in [6, 6.07) is 0. The molecule has 7 heteroatoms. The Morgan fingerprint density at radius 2 is 1.90 bits per heavy atom. The van der Waals surface area contributed by atoms with E-state index < -0.39 is 5.97 Å². The van der Waals surface area contributed by atoms with Crippen molar-refractivity contribution in [3.63, 3.8) is 0 Å². The summed E-state index contributed by atoms with van der Waals surface area (Å²) in [5.41, 5.74) is 0.659. The van der Waals surface area contributed by atoms with Gasteiger partial charge in [0.1, 0.15) is 0 Å². The molecule has 0 atom stereocenters. The van der Waals surface area contributed by atoms with Gasteiger partial charge in [0.15, 0.2) is 5.69 Å². The second-order valence-electron chi connectivity index (χ2n) is 4.83. The average Bonchev–Trinajstić information content (AvgIpc) is 2.84. The van der Waals surface area contributed by atoms with E-state index in [0.29, 0.717) is 44.6 Å². The predicted octanol–water partition coefficient (Wildman–Crippen LogP) is 1.58. The molecule has 0 fully saturated rings. The zero-order valence-corrected chi connectivity index (χ0v) is 13.0. The van der Waals surface area contributed by atoms with E-state index in [-0.39, 0.29) is 11.6 Å². The number of aryl methyl sites for hydroxylation is 1. The minimum Gasteiger partial charge on any atom is -0.476 e. The molecule has 118 valence electrons. The molecule has 1 heterocycles. The van der Waals surface area contributed by atoms with Crippen molar-refractivity contribution in [2.75, 3.05) is 13.1 Å². The van der Waals surface area contributed by atoms with Gasteiger partial charge in [-0.25, -0.2) is 9.48 Å². The third-order valence-corrected chi connectivity index (χ3v) is 3.40. The van der Waals surface area contributed by atoms with Crippen LogP contribution in [0.25, 0.3) is 0 Å². The van der Waals surface area contributed by atoms with Crippen LogP contribution in [-0.4, -0.2) is 50.0 Å². The lowest BCUT2D eigenvalue weighted by atomic mass is 10.2. The average molecular weight is 296 g/mol. The summed E-state index contributed by atoms with van der Waals surface area (Å²) in [6.07, 6.45) is 2.52. The molecule has 1 aromatic heterocycles. The molecule has 0 unspecified atom stereocenters. The highest BCUT2D eigenvalue weighted by molar-refractivity contribution is 5.86. The van der Waals surface area contributed by atoms with E-state index in [9.17, 15) is 9.59 Å². The number of carbonyl (C=O) groups is 2. The Bertz CT molecular complexity index is 481. The van der Waals surface area contributed by atoms with E-state index in [1.165, 1.54) is 0 Å². The van der Waals surface area contributed by atoms with Crippen molar-refractivity contribution in [3.8, 4) is 0 Å². The number of carboxylic acids is 1. The molecule has 0 spiro atoms. The van der Waals surface area contributed by atoms with Crippen LogP contribution in [-0.2, 0) is 17.8 Å². The lowest BCUT2D eigenvalue weighted by Crippen LogP contribution is -2.30. The Balaban J connectivity index is 2.63. The molecule has 21 heavy (non-hydrogen) atoms. The number of amides is 1. The van der Waals surface area contributed by atoms with Crippen LogP contribution in [0.15, 0.2) is 0 Å². The Morgan fingerprint density at radius 1 is 1.24 bits per heavy atom. The molecule has 0 aliphatic carbocycles. The second kappa shape index (κ2) is 8.39. The summed E-state index contributed by atoms with van der Waals surface area (Å²) < 4.78 is 1.61. The molecule has 0 saturated heterocycles. The molecule has 1 amide bonds. The summed E-state index contributed by atoms with van der Waals surface area (Å²) >= 11 is 0. The first-order valence-electron chi connectivity index (χ1n) is 7.48. The molecule has 0 saturated carbocycles. The Kier molecular flexibility index (Phi) is 6.84. The fraction of sp³-hybridized carbons (Fsp3) is 0.714. The largest absolute Gasteiger partial charge is 0.476 e. The predicted molar refractivity (Wildman–Crippen MR) is 78.1 cm³/mol. The first-order chi connectivity index (χ1) is 10.0. The molecule has 0 aliphatic rings. The summed E-state index contributed by atoms with van der Waals surface area (Å²) in [7, 11) is 0. The van der Waals surface area contributed by atoms with Crippen molar-refractivity contribution in [2.24, 2.45) is 0 Å². The van der Waals surface area contributed by atoms with Gasteiger partial charge in [0.2, 0.25) is 5.91 Å². The minimum absolute atomic E-state index is 0.0203. The van der Waals surface area contributed by atoms with E-state index in [1.807, 2.05) is 20.8 Å². The van der Waals surface area contributed by atoms with Gasteiger partial charge >= 0.3 is 5.97 Å². The summed E-state index contributed by atoms with van der Waals surface area (Å²) in [6.45, 7) is 7.83. The van der Waals surface area contributed by atoms with Gasteiger partial charge in [-0.3, -0.25) is 4.79 Å². The van der Waals surface area contributed by atoms with Crippen molar-refractivity contribution < 1.29 is 14.7 Å². The molecule has 1 aromatic rings. The molecule has 0 aromatic carbocycles. The van der Waals surface area contributed by atoms with Crippen LogP contribution in [0.5, 0.6) is 0 Å². The van der Waals surface area contributed by atoms with Crippen LogP contribution in [0.4, 0.5) is 0 Å². The topological polar surface area (TPSA) is 88.3 Å². The zero-order valence-electron chi connectivity index (χ0n) is 13.0. The van der Waals surface area contributed by atoms with Gasteiger partial charge in [0.25, 0.3) is 0 Å². The number of aromatic nitrogens is 3. The van der Waals surface area contributed by atoms with Crippen molar-refractivity contribution >= 4 is 11.9 Å². The van der Waals surface area contributed by atoms with Gasteiger partial charge in [-0.15, -0.1) is 5.10 Å². The number of nitrogens with zero attached hydrogens (tertiary/aromatic N) is 4. The van der Waals surface area contributed by atoms with E-state index in [4.69, 9.17) is 5.11 Å². The minimum atomic E-state index is -1.05. The van der Waals surface area contributed by atoms with E-state index >= 15 is 0 Å². The van der Waals surface area contributed by atoms with Crippen molar-refractivity contribution in [2.45, 2.75) is 53.0 Å². The third-order valence-electron chi connectivity index (χ3n) is 3.40. The summed E-state index contributed by atoms with van der Waals surface area (Å²) in [4.78, 5) is 24.8. The molecule has 1 rings (SSSR count). The van der Waals surface area contributed by atoms with E-state index in [1.54, 1.807) is 9.58 Å². The van der Waals surface area contributed by atoms with Crippen LogP contribution in [0.3, 0.4) is 0 Å². The van der Waals surface area contributed by atoms with Crippen LogP contribution < -0.4 is 0 Å². The van der Waals surface area contributed by atoms with Gasteiger partial charge in [-0.2, -0.15) is 0 Å². The number of hydrogen-bond donors (Lipinski definition) is 1. The van der Waals surface area contributed by atoms with Crippen molar-refractivity contribution in [1.82, 2.24) is 19.9 Å². The van der Waals surface area contributed by atoms with Gasteiger partial charge in [0.05, 0.1) is 5.69 Å². The lowest BCUT2D eigenvalue weighted by molar-refractivity contribution is -0.130. The smallest absolute Gasteiger partial charge is 0.358 e. The highest BCUT2D eigenvalue weighted by Gasteiger charge is 2.18. The maximum atomic E-state index is 11.9. The molecule has 1 N–H and O–H groups in total. The number of carboxylic acid groups (broad SMARTS) is 1. The Morgan fingerprint density at radius 3 is 2.43 bits per heavy atom. The standard InChI is InChI=1S/C14H24N4O3/c1-4-8-11-13(14(20)21)15-16-18(11)10-7-9-12(19)17(5-2)6-3/h4-10H2,1-3H3,(H,20,21). The summed E-state index contributed by atoms with van der Waals surface area (Å²) in [5, 5.41) is 16.7. The molecular weight excluding hydrogens is 272 g/mol. The quantitative estimate of drug-likeness (QED) is 0.747. The number of carbonyl (C=O) groups excluding carboxylic acids is 1. The highest BCUT2D eigenvalue weighted by Crippen LogP contribution is 2.10. The van der Waals surface area contributed by atoms with Crippen LogP contribution in [0, 0.1) is 0 Å².